The quantitative estimate of drug-likeness (QED) is 0.574. The lowest BCUT2D eigenvalue weighted by molar-refractivity contribution is 0.257. The van der Waals surface area contributed by atoms with Gasteiger partial charge in [-0.25, -0.2) is 0 Å². The first kappa shape index (κ1) is 11.6. The maximum Gasteiger partial charge on any atom is -0.00879 e. The van der Waals surface area contributed by atoms with Crippen LogP contribution in [0.5, 0.6) is 0 Å². The fourth-order valence-corrected chi connectivity index (χ4v) is 6.03. The average Bonchev–Trinajstić information content (AvgIpc) is 3.15. The van der Waals surface area contributed by atoms with Gasteiger partial charge in [-0.2, -0.15) is 0 Å². The Morgan fingerprint density at radius 1 is 0.889 bits per heavy atom. The van der Waals surface area contributed by atoms with E-state index in [1.54, 1.807) is 37.7 Å². The van der Waals surface area contributed by atoms with Crippen molar-refractivity contribution in [1.82, 2.24) is 0 Å². The second-order valence-corrected chi connectivity index (χ2v) is 8.18. The van der Waals surface area contributed by atoms with Gasteiger partial charge in [-0.3, -0.25) is 0 Å². The molecular formula is C18H28. The zero-order valence-electron chi connectivity index (χ0n) is 11.8. The molecule has 0 spiro atoms. The van der Waals surface area contributed by atoms with Crippen molar-refractivity contribution in [3.8, 4) is 0 Å². The first-order valence-corrected chi connectivity index (χ1v) is 8.38. The van der Waals surface area contributed by atoms with Crippen LogP contribution in [0.2, 0.25) is 0 Å². The summed E-state index contributed by atoms with van der Waals surface area (Å²) in [4.78, 5) is 0. The molecule has 0 N–H and O–H groups in total. The Hall–Kier alpha value is -0.260. The second kappa shape index (κ2) is 3.87. The van der Waals surface area contributed by atoms with Crippen LogP contribution < -0.4 is 0 Å². The molecule has 0 saturated heterocycles. The van der Waals surface area contributed by atoms with E-state index >= 15 is 0 Å². The maximum atomic E-state index is 4.55. The number of allylic oxidation sites excluding steroid dienone is 1. The van der Waals surface area contributed by atoms with E-state index in [1.165, 1.54) is 44.9 Å². The molecule has 0 unspecified atom stereocenters. The molecule has 4 aliphatic rings. The number of rotatable bonds is 4. The summed E-state index contributed by atoms with van der Waals surface area (Å²) in [5, 5.41) is 0. The van der Waals surface area contributed by atoms with Crippen molar-refractivity contribution >= 4 is 0 Å². The topological polar surface area (TPSA) is 0 Å². The van der Waals surface area contributed by atoms with Crippen LogP contribution in [0.1, 0.15) is 77.0 Å². The first-order valence-electron chi connectivity index (χ1n) is 8.38. The highest BCUT2D eigenvalue weighted by Crippen LogP contribution is 2.61. The molecule has 100 valence electrons. The zero-order valence-corrected chi connectivity index (χ0v) is 11.8. The lowest BCUT2D eigenvalue weighted by Gasteiger charge is -2.33. The summed E-state index contributed by atoms with van der Waals surface area (Å²) in [6.07, 6.45) is 18.0. The van der Waals surface area contributed by atoms with Gasteiger partial charge >= 0.3 is 0 Å². The van der Waals surface area contributed by atoms with Crippen LogP contribution in [0.15, 0.2) is 12.2 Å². The molecule has 0 aromatic heterocycles. The van der Waals surface area contributed by atoms with E-state index in [1.807, 2.05) is 0 Å². The van der Waals surface area contributed by atoms with Crippen LogP contribution in [0.3, 0.4) is 0 Å². The second-order valence-electron chi connectivity index (χ2n) is 8.18. The molecule has 0 aliphatic heterocycles. The van der Waals surface area contributed by atoms with Gasteiger partial charge in [-0.15, -0.1) is 0 Å². The van der Waals surface area contributed by atoms with E-state index in [4.69, 9.17) is 0 Å². The predicted molar refractivity (Wildman–Crippen MR) is 76.4 cm³/mol. The molecule has 4 fully saturated rings. The summed E-state index contributed by atoms with van der Waals surface area (Å²) >= 11 is 0. The van der Waals surface area contributed by atoms with E-state index in [0.717, 1.165) is 17.3 Å². The lowest BCUT2D eigenvalue weighted by Crippen LogP contribution is -2.20. The van der Waals surface area contributed by atoms with Gasteiger partial charge in [0.15, 0.2) is 0 Å². The molecule has 18 heavy (non-hydrogen) atoms. The molecule has 0 nitrogen and oxygen atoms in total. The van der Waals surface area contributed by atoms with Gasteiger partial charge in [0.2, 0.25) is 0 Å². The van der Waals surface area contributed by atoms with Crippen molar-refractivity contribution in [2.45, 2.75) is 77.0 Å². The van der Waals surface area contributed by atoms with Gasteiger partial charge < -0.3 is 0 Å². The molecule has 4 rings (SSSR count). The molecule has 0 aromatic carbocycles. The van der Waals surface area contributed by atoms with Crippen LogP contribution >= 0.6 is 0 Å². The minimum atomic E-state index is 0.623. The molecule has 4 bridgehead atoms. The standard InChI is InChI=1S/C18H28/c1-14(18-10-5-16(13-18)6-11-18)2-7-17-8-3-15(12-17)4-9-17/h15-16H,1-13H2. The normalized spacial score (nSPS) is 49.1. The van der Waals surface area contributed by atoms with E-state index in [0.29, 0.717) is 5.41 Å². The highest BCUT2D eigenvalue weighted by atomic mass is 14.5. The Labute approximate surface area is 112 Å². The third kappa shape index (κ3) is 1.63. The highest BCUT2D eigenvalue weighted by Gasteiger charge is 2.48. The summed E-state index contributed by atoms with van der Waals surface area (Å²) in [6, 6.07) is 0. The third-order valence-electron chi connectivity index (χ3n) is 7.34. The number of hydrogen-bond acceptors (Lipinski definition) is 0. The van der Waals surface area contributed by atoms with Gasteiger partial charge in [0.1, 0.15) is 0 Å². The van der Waals surface area contributed by atoms with Crippen LogP contribution in [0.4, 0.5) is 0 Å². The predicted octanol–water partition coefficient (Wildman–Crippen LogP) is 5.48. The summed E-state index contributed by atoms with van der Waals surface area (Å²) in [5.41, 5.74) is 3.06. The smallest absolute Gasteiger partial charge is 0.00879 e. The van der Waals surface area contributed by atoms with E-state index in [2.05, 4.69) is 6.58 Å². The Morgan fingerprint density at radius 3 is 2.00 bits per heavy atom. The van der Waals surface area contributed by atoms with Crippen LogP contribution in [0.25, 0.3) is 0 Å². The summed E-state index contributed by atoms with van der Waals surface area (Å²) in [5.74, 6) is 2.18. The van der Waals surface area contributed by atoms with Crippen molar-refractivity contribution in [1.29, 1.82) is 0 Å². The van der Waals surface area contributed by atoms with E-state index in [9.17, 15) is 0 Å². The molecular weight excluding hydrogens is 216 g/mol. The van der Waals surface area contributed by atoms with Gasteiger partial charge in [-0.1, -0.05) is 12.2 Å². The molecule has 0 amide bonds. The highest BCUT2D eigenvalue weighted by molar-refractivity contribution is 5.17. The summed E-state index contributed by atoms with van der Waals surface area (Å²) in [6.45, 7) is 4.55. The van der Waals surface area contributed by atoms with Gasteiger partial charge in [-0.05, 0) is 99.7 Å². The minimum Gasteiger partial charge on any atom is -0.0993 e. The molecule has 4 aliphatic carbocycles. The largest absolute Gasteiger partial charge is 0.0993 e. The maximum absolute atomic E-state index is 4.55. The van der Waals surface area contributed by atoms with Crippen molar-refractivity contribution in [3.63, 3.8) is 0 Å². The number of hydrogen-bond donors (Lipinski definition) is 0. The van der Waals surface area contributed by atoms with Crippen LogP contribution in [0, 0.1) is 22.7 Å². The fourth-order valence-electron chi connectivity index (χ4n) is 6.03. The zero-order chi connectivity index (χ0) is 12.2. The third-order valence-corrected chi connectivity index (χ3v) is 7.34. The van der Waals surface area contributed by atoms with Crippen molar-refractivity contribution in [2.75, 3.05) is 0 Å². The van der Waals surface area contributed by atoms with Crippen molar-refractivity contribution in [2.24, 2.45) is 22.7 Å². The van der Waals surface area contributed by atoms with Crippen LogP contribution in [-0.2, 0) is 0 Å². The monoisotopic (exact) mass is 244 g/mol. The SMILES string of the molecule is C=C(CCC12CCC(CC1)C2)C12CCC(CC1)C2. The lowest BCUT2D eigenvalue weighted by atomic mass is 9.72. The molecule has 0 radical (unpaired) electrons. The average molecular weight is 244 g/mol. The van der Waals surface area contributed by atoms with E-state index < -0.39 is 0 Å². The minimum absolute atomic E-state index is 0.623. The Bertz CT molecular complexity index is 348. The number of fused-ring (bicyclic) bond motifs is 4. The molecule has 0 heterocycles. The Kier molecular flexibility index (Phi) is 2.48. The Balaban J connectivity index is 1.39. The molecule has 0 heteroatoms. The van der Waals surface area contributed by atoms with Gasteiger partial charge in [0.25, 0.3) is 0 Å². The first-order chi connectivity index (χ1) is 8.70. The molecule has 0 aromatic rings. The van der Waals surface area contributed by atoms with Gasteiger partial charge in [0.05, 0.1) is 0 Å². The summed E-state index contributed by atoms with van der Waals surface area (Å²) in [7, 11) is 0. The van der Waals surface area contributed by atoms with Crippen LogP contribution in [-0.4, -0.2) is 0 Å². The Morgan fingerprint density at radius 2 is 1.50 bits per heavy atom. The van der Waals surface area contributed by atoms with E-state index in [-0.39, 0.29) is 0 Å². The summed E-state index contributed by atoms with van der Waals surface area (Å²) < 4.78 is 0. The molecule has 4 saturated carbocycles. The van der Waals surface area contributed by atoms with Gasteiger partial charge in [0, 0.05) is 0 Å². The van der Waals surface area contributed by atoms with Crippen molar-refractivity contribution < 1.29 is 0 Å². The molecule has 0 atom stereocenters. The van der Waals surface area contributed by atoms with Crippen molar-refractivity contribution in [3.05, 3.63) is 12.2 Å². The fraction of sp³-hybridized carbons (Fsp3) is 0.889.